The summed E-state index contributed by atoms with van der Waals surface area (Å²) < 4.78 is 46.6. The van der Waals surface area contributed by atoms with E-state index < -0.39 is 23.3 Å². The zero-order chi connectivity index (χ0) is 24.1. The Morgan fingerprint density at radius 2 is 2.06 bits per heavy atom. The Morgan fingerprint density at radius 3 is 2.74 bits per heavy atom. The van der Waals surface area contributed by atoms with Crippen molar-refractivity contribution in [1.82, 2.24) is 30.3 Å². The first kappa shape index (κ1) is 22.2. The van der Waals surface area contributed by atoms with E-state index in [4.69, 9.17) is 4.42 Å². The van der Waals surface area contributed by atoms with Crippen LogP contribution in [0.15, 0.2) is 35.0 Å². The molecule has 1 N–H and O–H groups in total. The van der Waals surface area contributed by atoms with Crippen LogP contribution in [0.1, 0.15) is 50.5 Å². The quantitative estimate of drug-likeness (QED) is 0.597. The van der Waals surface area contributed by atoms with E-state index in [9.17, 15) is 18.0 Å². The van der Waals surface area contributed by atoms with Crippen LogP contribution < -0.4 is 5.32 Å². The van der Waals surface area contributed by atoms with Crippen molar-refractivity contribution >= 4 is 11.7 Å². The highest BCUT2D eigenvalue weighted by atomic mass is 19.4. The number of carbonyl (C=O) groups is 1. The number of piperidine rings is 1. The van der Waals surface area contributed by atoms with Gasteiger partial charge in [0.25, 0.3) is 0 Å². The summed E-state index contributed by atoms with van der Waals surface area (Å²) in [6.07, 6.45) is 0.690. The topological polar surface area (TPSA) is 110 Å². The standard InChI is InChI=1S/C22H22F3N7O2/c1-3-17-29-31-19(34-17)21-10-12(2)8-14(11-21)32(21)20(33)28-13-4-5-16(22(23,24)25)15(9-13)18-26-6-7-27-30-18/h4-7,9,12,14H,3,8,10-11H2,1-2H3,(H,28,33)/t12-,14?,21?/m0/s1. The van der Waals surface area contributed by atoms with Gasteiger partial charge in [0, 0.05) is 36.3 Å². The van der Waals surface area contributed by atoms with E-state index in [1.807, 2.05) is 6.92 Å². The van der Waals surface area contributed by atoms with Gasteiger partial charge >= 0.3 is 12.2 Å². The van der Waals surface area contributed by atoms with Crippen LogP contribution in [0.4, 0.5) is 23.7 Å². The second-order valence-corrected chi connectivity index (χ2v) is 8.81. The van der Waals surface area contributed by atoms with Crippen molar-refractivity contribution in [1.29, 1.82) is 0 Å². The number of carbonyl (C=O) groups excluding carboxylic acids is 1. The average Bonchev–Trinajstić information content (AvgIpc) is 3.28. The zero-order valence-corrected chi connectivity index (χ0v) is 18.5. The minimum Gasteiger partial charge on any atom is -0.423 e. The van der Waals surface area contributed by atoms with Gasteiger partial charge in [-0.1, -0.05) is 13.8 Å². The van der Waals surface area contributed by atoms with Gasteiger partial charge < -0.3 is 14.6 Å². The maximum absolute atomic E-state index is 13.6. The van der Waals surface area contributed by atoms with E-state index in [-0.39, 0.29) is 23.1 Å². The Morgan fingerprint density at radius 1 is 1.24 bits per heavy atom. The summed E-state index contributed by atoms with van der Waals surface area (Å²) in [5.74, 6) is 1.07. The summed E-state index contributed by atoms with van der Waals surface area (Å²) in [6, 6.07) is 2.88. The highest BCUT2D eigenvalue weighted by Crippen LogP contribution is 2.55. The third kappa shape index (κ3) is 3.66. The molecule has 3 heterocycles. The van der Waals surface area contributed by atoms with E-state index in [0.717, 1.165) is 12.5 Å². The first-order chi connectivity index (χ1) is 16.2. The van der Waals surface area contributed by atoms with Gasteiger partial charge in [0.2, 0.25) is 11.8 Å². The molecule has 2 unspecified atom stereocenters. The summed E-state index contributed by atoms with van der Waals surface area (Å²) in [5, 5.41) is 18.3. The van der Waals surface area contributed by atoms with Gasteiger partial charge in [-0.3, -0.25) is 0 Å². The third-order valence-corrected chi connectivity index (χ3v) is 6.45. The number of aromatic nitrogens is 5. The zero-order valence-electron chi connectivity index (χ0n) is 18.5. The molecule has 2 amide bonds. The molecule has 12 heteroatoms. The smallest absolute Gasteiger partial charge is 0.417 e. The number of fused-ring (bicyclic) bond motifs is 2. The Hall–Kier alpha value is -3.57. The molecular weight excluding hydrogens is 451 g/mol. The number of alkyl halides is 3. The van der Waals surface area contributed by atoms with Gasteiger partial charge in [-0.05, 0) is 37.0 Å². The van der Waals surface area contributed by atoms with Crippen LogP contribution in [0.5, 0.6) is 0 Å². The summed E-state index contributed by atoms with van der Waals surface area (Å²) in [6.45, 7) is 4.02. The number of halogens is 3. The van der Waals surface area contributed by atoms with Gasteiger partial charge in [-0.15, -0.1) is 15.3 Å². The highest BCUT2D eigenvalue weighted by molar-refractivity contribution is 5.92. The molecule has 1 aliphatic heterocycles. The first-order valence-electron chi connectivity index (χ1n) is 11.0. The highest BCUT2D eigenvalue weighted by Gasteiger charge is 2.62. The molecule has 3 aromatic rings. The predicted molar refractivity (Wildman–Crippen MR) is 113 cm³/mol. The van der Waals surface area contributed by atoms with Crippen LogP contribution >= 0.6 is 0 Å². The lowest BCUT2D eigenvalue weighted by Crippen LogP contribution is -2.70. The number of anilines is 1. The van der Waals surface area contributed by atoms with Gasteiger partial charge in [0.15, 0.2) is 5.82 Å². The molecule has 2 aliphatic rings. The maximum atomic E-state index is 13.6. The van der Waals surface area contributed by atoms with Crippen molar-refractivity contribution in [2.45, 2.75) is 57.3 Å². The number of hydrogen-bond acceptors (Lipinski definition) is 7. The molecule has 0 radical (unpaired) electrons. The number of nitrogens with zero attached hydrogens (tertiary/aromatic N) is 6. The molecule has 3 atom stereocenters. The van der Waals surface area contributed by atoms with Gasteiger partial charge in [-0.25, -0.2) is 9.78 Å². The average molecular weight is 473 g/mol. The van der Waals surface area contributed by atoms with Crippen molar-refractivity contribution in [2.75, 3.05) is 5.32 Å². The predicted octanol–water partition coefficient (Wildman–Crippen LogP) is 4.43. The van der Waals surface area contributed by atoms with Crippen LogP contribution in [0.3, 0.4) is 0 Å². The van der Waals surface area contributed by atoms with Gasteiger partial charge in [0.1, 0.15) is 5.54 Å². The minimum absolute atomic E-state index is 0.0173. The lowest BCUT2D eigenvalue weighted by atomic mass is 9.64. The Kier molecular flexibility index (Phi) is 5.25. The molecule has 9 nitrogen and oxygen atoms in total. The monoisotopic (exact) mass is 473 g/mol. The second-order valence-electron chi connectivity index (χ2n) is 8.81. The SMILES string of the molecule is CCc1nnc(C23CC(C[C@H](C)C2)N3C(=O)Nc2ccc(C(F)(F)F)c(-c3nccnn3)c2)o1. The minimum atomic E-state index is -4.62. The van der Waals surface area contributed by atoms with Gasteiger partial charge in [-0.2, -0.15) is 18.3 Å². The fraction of sp³-hybridized carbons (Fsp3) is 0.455. The van der Waals surface area contributed by atoms with E-state index in [1.54, 1.807) is 4.90 Å². The van der Waals surface area contributed by atoms with Crippen LogP contribution in [-0.2, 0) is 18.1 Å². The van der Waals surface area contributed by atoms with Crippen molar-refractivity contribution in [2.24, 2.45) is 5.92 Å². The number of urea groups is 1. The Balaban J connectivity index is 1.46. The van der Waals surface area contributed by atoms with Crippen molar-refractivity contribution in [3.05, 3.63) is 47.9 Å². The molecule has 5 rings (SSSR count). The fourth-order valence-corrected chi connectivity index (χ4v) is 5.14. The van der Waals surface area contributed by atoms with E-state index in [2.05, 4.69) is 37.6 Å². The number of rotatable bonds is 4. The number of benzene rings is 1. The molecule has 0 spiro atoms. The van der Waals surface area contributed by atoms with Crippen LogP contribution in [0.25, 0.3) is 11.4 Å². The number of aryl methyl sites for hydroxylation is 1. The summed E-state index contributed by atoms with van der Waals surface area (Å²) >= 11 is 0. The van der Waals surface area contributed by atoms with Gasteiger partial charge in [0.05, 0.1) is 11.8 Å². The molecular formula is C22H22F3N7O2. The molecule has 1 aromatic carbocycles. The second kappa shape index (κ2) is 8.03. The van der Waals surface area contributed by atoms with Crippen LogP contribution in [0.2, 0.25) is 0 Å². The van der Waals surface area contributed by atoms with Crippen molar-refractivity contribution < 1.29 is 22.4 Å². The third-order valence-electron chi connectivity index (χ3n) is 6.45. The number of amides is 2. The summed E-state index contributed by atoms with van der Waals surface area (Å²) in [5.41, 5.74) is -1.71. The van der Waals surface area contributed by atoms with E-state index >= 15 is 0 Å². The number of nitrogens with one attached hydrogen (secondary N) is 1. The number of hydrogen-bond donors (Lipinski definition) is 1. The molecule has 1 saturated heterocycles. The molecule has 2 fully saturated rings. The lowest BCUT2D eigenvalue weighted by molar-refractivity contribution is -0.137. The molecule has 1 aliphatic carbocycles. The lowest BCUT2D eigenvalue weighted by Gasteiger charge is -2.61. The van der Waals surface area contributed by atoms with Crippen molar-refractivity contribution in [3.8, 4) is 11.4 Å². The Bertz CT molecular complexity index is 1220. The Labute approximate surface area is 192 Å². The van der Waals surface area contributed by atoms with Crippen molar-refractivity contribution in [3.63, 3.8) is 0 Å². The van der Waals surface area contributed by atoms with Crippen LogP contribution in [-0.4, -0.2) is 42.4 Å². The van der Waals surface area contributed by atoms with E-state index in [0.29, 0.717) is 37.0 Å². The maximum Gasteiger partial charge on any atom is 0.417 e. The normalized spacial score (nSPS) is 24.0. The molecule has 34 heavy (non-hydrogen) atoms. The molecule has 1 saturated carbocycles. The molecule has 2 bridgehead atoms. The number of likely N-dealkylation sites (tertiary alicyclic amines) is 1. The molecule has 2 aromatic heterocycles. The fourth-order valence-electron chi connectivity index (χ4n) is 5.14. The summed E-state index contributed by atoms with van der Waals surface area (Å²) in [4.78, 5) is 18.9. The van der Waals surface area contributed by atoms with Crippen LogP contribution in [0, 0.1) is 5.92 Å². The largest absolute Gasteiger partial charge is 0.423 e. The summed E-state index contributed by atoms with van der Waals surface area (Å²) in [7, 11) is 0. The first-order valence-corrected chi connectivity index (χ1v) is 11.0. The van der Waals surface area contributed by atoms with E-state index in [1.165, 1.54) is 24.5 Å². The molecule has 178 valence electrons.